The molecule has 0 aliphatic carbocycles. The van der Waals surface area contributed by atoms with Crippen molar-refractivity contribution in [2.24, 2.45) is 5.41 Å². The molecule has 0 spiro atoms. The van der Waals surface area contributed by atoms with E-state index in [1.54, 1.807) is 0 Å². The lowest BCUT2D eigenvalue weighted by Crippen LogP contribution is -3.00. The van der Waals surface area contributed by atoms with E-state index in [9.17, 15) is 4.79 Å². The Balaban J connectivity index is 0.00000400. The molecule has 0 amide bonds. The fourth-order valence-corrected chi connectivity index (χ4v) is 5.35. The van der Waals surface area contributed by atoms with E-state index in [0.717, 1.165) is 0 Å². The zero-order valence-corrected chi connectivity index (χ0v) is 17.4. The van der Waals surface area contributed by atoms with E-state index >= 15 is 0 Å². The number of carbonyl (C=O) groups is 1. The number of hydrogen-bond donors (Lipinski definition) is 0. The van der Waals surface area contributed by atoms with Crippen molar-refractivity contribution in [2.75, 3.05) is 19.0 Å². The summed E-state index contributed by atoms with van der Waals surface area (Å²) in [6, 6.07) is 10.6. The summed E-state index contributed by atoms with van der Waals surface area (Å²) in [5.74, 6) is 0.388. The molecule has 0 bridgehead atoms. The quantitative estimate of drug-likeness (QED) is 0.511. The monoisotopic (exact) mass is 420 g/mol. The number of rotatable bonds is 6. The van der Waals surface area contributed by atoms with Gasteiger partial charge in [0.05, 0.1) is 12.3 Å². The number of hydrogen-bond acceptors (Lipinski definition) is 1. The Morgan fingerprint density at radius 2 is 1.57 bits per heavy atom. The highest BCUT2D eigenvalue weighted by Crippen LogP contribution is 2.67. The zero-order valence-electron chi connectivity index (χ0n) is 14.3. The molecule has 1 aromatic rings. The van der Waals surface area contributed by atoms with Crippen LogP contribution in [0.25, 0.3) is 0 Å². The number of carbonyl (C=O) groups excluding carboxylic acids is 1. The first kappa shape index (κ1) is 21.0. The van der Waals surface area contributed by atoms with Crippen LogP contribution in [0, 0.1) is 5.41 Å². The first-order chi connectivity index (χ1) is 9.24. The van der Waals surface area contributed by atoms with Gasteiger partial charge in [-0.3, -0.25) is 4.79 Å². The summed E-state index contributed by atoms with van der Waals surface area (Å²) in [4.78, 5) is 12.5. The van der Waals surface area contributed by atoms with E-state index < -0.39 is 7.26 Å². The average Bonchev–Trinajstić information content (AvgIpc) is 2.43. The predicted octanol–water partition coefficient (Wildman–Crippen LogP) is 2.42. The Morgan fingerprint density at radius 1 is 1.10 bits per heavy atom. The summed E-state index contributed by atoms with van der Waals surface area (Å²) in [6.07, 6.45) is 3.11. The Labute approximate surface area is 148 Å². The van der Waals surface area contributed by atoms with Crippen molar-refractivity contribution in [3.8, 4) is 0 Å². The topological polar surface area (TPSA) is 17.1 Å². The molecule has 0 saturated carbocycles. The third-order valence-corrected chi connectivity index (χ3v) is 9.47. The molecule has 0 radical (unpaired) electrons. The highest BCUT2D eigenvalue weighted by molar-refractivity contribution is 7.75. The fourth-order valence-electron chi connectivity index (χ4n) is 2.52. The molecule has 3 heteroatoms. The Hall–Kier alpha value is 0.0500. The van der Waals surface area contributed by atoms with Gasteiger partial charge in [0.15, 0.2) is 0 Å². The molecule has 1 rings (SSSR count). The van der Waals surface area contributed by atoms with Crippen LogP contribution in [0.2, 0.25) is 0 Å². The zero-order chi connectivity index (χ0) is 15.4. The third kappa shape index (κ3) is 5.63. The van der Waals surface area contributed by atoms with Gasteiger partial charge in [-0.15, -0.1) is 0 Å². The lowest BCUT2D eigenvalue weighted by Gasteiger charge is -2.31. The second kappa shape index (κ2) is 8.62. The first-order valence-corrected chi connectivity index (χ1v) is 10.3. The molecule has 1 unspecified atom stereocenters. The molecular weight excluding hydrogens is 390 g/mol. The van der Waals surface area contributed by atoms with E-state index in [0.29, 0.717) is 17.9 Å². The molecule has 0 saturated heterocycles. The van der Waals surface area contributed by atoms with Gasteiger partial charge in [0.25, 0.3) is 0 Å². The van der Waals surface area contributed by atoms with Crippen molar-refractivity contribution in [3.05, 3.63) is 35.9 Å². The van der Waals surface area contributed by atoms with Gasteiger partial charge in [0.1, 0.15) is 11.4 Å². The summed E-state index contributed by atoms with van der Waals surface area (Å²) in [7, 11) is -1.11. The van der Waals surface area contributed by atoms with Gasteiger partial charge in [0.2, 0.25) is 0 Å². The first-order valence-electron chi connectivity index (χ1n) is 7.67. The summed E-state index contributed by atoms with van der Waals surface area (Å²) in [5.41, 5.74) is 1.54. The van der Waals surface area contributed by atoms with Crippen molar-refractivity contribution >= 4 is 13.0 Å². The molecule has 0 N–H and O–H groups in total. The molecule has 0 heterocycles. The van der Waals surface area contributed by atoms with Crippen LogP contribution in [0.1, 0.15) is 52.3 Å². The maximum Gasteiger partial charge on any atom is 0.142 e. The van der Waals surface area contributed by atoms with E-state index in [1.807, 2.05) is 20.8 Å². The molecule has 1 atom stereocenters. The summed E-state index contributed by atoms with van der Waals surface area (Å²) in [6.45, 7) is 13.1. The number of benzene rings is 1. The molecule has 0 aliphatic heterocycles. The predicted molar refractivity (Wildman–Crippen MR) is 92.2 cm³/mol. The Bertz CT molecular complexity index is 432. The number of Topliss-reactive ketones (excluding diaryl/α,β-unsaturated/α-hetero) is 1. The summed E-state index contributed by atoms with van der Waals surface area (Å²) < 4.78 is 0. The van der Waals surface area contributed by atoms with Crippen LogP contribution in [-0.4, -0.2) is 24.8 Å². The van der Waals surface area contributed by atoms with Gasteiger partial charge in [-0.25, -0.2) is 0 Å². The van der Waals surface area contributed by atoms with Crippen LogP contribution >= 0.6 is 7.26 Å². The summed E-state index contributed by atoms with van der Waals surface area (Å²) >= 11 is 0. The minimum Gasteiger partial charge on any atom is -1.00 e. The van der Waals surface area contributed by atoms with Crippen LogP contribution in [-0.2, 0) is 4.79 Å². The van der Waals surface area contributed by atoms with E-state index in [4.69, 9.17) is 0 Å². The van der Waals surface area contributed by atoms with Crippen LogP contribution in [0.5, 0.6) is 0 Å². The van der Waals surface area contributed by atoms with E-state index in [-0.39, 0.29) is 29.4 Å². The highest BCUT2D eigenvalue weighted by Gasteiger charge is 2.41. The van der Waals surface area contributed by atoms with Gasteiger partial charge in [-0.2, -0.15) is 0 Å². The summed E-state index contributed by atoms with van der Waals surface area (Å²) in [5, 5.41) is 0. The maximum atomic E-state index is 12.5. The molecule has 1 aromatic carbocycles. The van der Waals surface area contributed by atoms with Crippen LogP contribution < -0.4 is 24.0 Å². The maximum absolute atomic E-state index is 12.5. The van der Waals surface area contributed by atoms with Crippen molar-refractivity contribution in [1.82, 2.24) is 0 Å². The molecule has 21 heavy (non-hydrogen) atoms. The second-order valence-corrected chi connectivity index (χ2v) is 11.8. The van der Waals surface area contributed by atoms with Crippen LogP contribution in [0.3, 0.4) is 0 Å². The highest BCUT2D eigenvalue weighted by atomic mass is 127. The molecule has 120 valence electrons. The lowest BCUT2D eigenvalue weighted by molar-refractivity contribution is -0.126. The van der Waals surface area contributed by atoms with Gasteiger partial charge in [-0.1, -0.05) is 51.1 Å². The van der Waals surface area contributed by atoms with E-state index in [2.05, 4.69) is 50.8 Å². The number of halogens is 1. The van der Waals surface area contributed by atoms with Crippen LogP contribution in [0.15, 0.2) is 30.3 Å². The molecule has 0 fully saturated rings. The van der Waals surface area contributed by atoms with Gasteiger partial charge in [-0.05, 0) is 19.4 Å². The van der Waals surface area contributed by atoms with Gasteiger partial charge >= 0.3 is 0 Å². The molecule has 0 aromatic heterocycles. The minimum atomic E-state index is -1.11. The smallest absolute Gasteiger partial charge is 0.142 e. The van der Waals surface area contributed by atoms with Crippen LogP contribution in [0.4, 0.5) is 0 Å². The van der Waals surface area contributed by atoms with Crippen molar-refractivity contribution < 1.29 is 28.8 Å². The lowest BCUT2D eigenvalue weighted by atomic mass is 9.87. The SMILES string of the molecule is CC[P+](C)(CC)C(CC(=O)C(C)(C)C)c1ccccc1.[I-]. The van der Waals surface area contributed by atoms with E-state index in [1.165, 1.54) is 17.9 Å². The largest absolute Gasteiger partial charge is 1.00 e. The van der Waals surface area contributed by atoms with Crippen molar-refractivity contribution in [2.45, 2.75) is 46.7 Å². The van der Waals surface area contributed by atoms with Crippen molar-refractivity contribution in [1.29, 1.82) is 0 Å². The molecule has 1 nitrogen and oxygen atoms in total. The fraction of sp³-hybridized carbons (Fsp3) is 0.611. The Kier molecular flexibility index (Phi) is 8.64. The molecular formula is C18H30IOP. The molecule has 0 aliphatic rings. The third-order valence-electron chi connectivity index (χ3n) is 4.60. The Morgan fingerprint density at radius 3 is 1.95 bits per heavy atom. The minimum absolute atomic E-state index is 0. The van der Waals surface area contributed by atoms with Gasteiger partial charge < -0.3 is 24.0 Å². The van der Waals surface area contributed by atoms with Crippen molar-refractivity contribution in [3.63, 3.8) is 0 Å². The normalized spacial score (nSPS) is 13.4. The average molecular weight is 420 g/mol. The van der Waals surface area contributed by atoms with Gasteiger partial charge in [0, 0.05) is 25.8 Å². The standard InChI is InChI=1S/C18H30OP.HI/c1-7-20(6,8-2)16(14-17(19)18(3,4)5)15-12-10-9-11-13-15;/h9-13,16H,7-8,14H2,1-6H3;1H/q+1;/p-1. The second-order valence-electron chi connectivity index (χ2n) is 6.92. The number of ketones is 1.